The smallest absolute Gasteiger partial charge is 0.264 e. The van der Waals surface area contributed by atoms with Gasteiger partial charge < -0.3 is 15.0 Å². The van der Waals surface area contributed by atoms with Gasteiger partial charge in [-0.25, -0.2) is 8.42 Å². The van der Waals surface area contributed by atoms with Crippen molar-refractivity contribution in [1.29, 1.82) is 0 Å². The van der Waals surface area contributed by atoms with Crippen LogP contribution in [0.2, 0.25) is 5.02 Å². The number of para-hydroxylation sites is 1. The number of nitrogens with one attached hydrogen (secondary N) is 1. The highest BCUT2D eigenvalue weighted by Gasteiger charge is 2.34. The molecule has 3 aromatic carbocycles. The van der Waals surface area contributed by atoms with Gasteiger partial charge in [0.05, 0.1) is 22.7 Å². The summed E-state index contributed by atoms with van der Waals surface area (Å²) < 4.78 is 34.3. The predicted molar refractivity (Wildman–Crippen MR) is 163 cm³/mol. The molecule has 3 rings (SSSR count). The summed E-state index contributed by atoms with van der Waals surface area (Å²) in [4.78, 5) is 28.9. The summed E-state index contributed by atoms with van der Waals surface area (Å²) in [5.74, 6) is -0.0284. The molecule has 0 spiro atoms. The first-order valence-electron chi connectivity index (χ1n) is 13.5. The van der Waals surface area contributed by atoms with Gasteiger partial charge in [0.15, 0.2) is 0 Å². The van der Waals surface area contributed by atoms with Crippen molar-refractivity contribution in [3.05, 3.63) is 88.9 Å². The average Bonchev–Trinajstić information content (AvgIpc) is 2.95. The predicted octanol–water partition coefficient (Wildman–Crippen LogP) is 5.43. The number of nitrogens with zero attached hydrogens (tertiary/aromatic N) is 2. The van der Waals surface area contributed by atoms with Gasteiger partial charge in [0.25, 0.3) is 10.0 Å². The second-order valence-electron chi connectivity index (χ2n) is 10.2. The molecule has 0 aliphatic carbocycles. The lowest BCUT2D eigenvalue weighted by Crippen LogP contribution is -2.52. The summed E-state index contributed by atoms with van der Waals surface area (Å²) in [6.07, 6.45) is 0.330. The molecule has 3 aromatic rings. The third-order valence-corrected chi connectivity index (χ3v) is 8.66. The summed E-state index contributed by atoms with van der Waals surface area (Å²) in [6, 6.07) is 19.2. The fourth-order valence-electron chi connectivity index (χ4n) is 4.31. The SMILES string of the molecule is CC[C@@H](C(=O)NCC(C)C)N(Cc1cccc(OC)c1)C(=O)CN(c1ccccc1Cl)S(=O)(=O)c1ccc(C)cc1. The molecule has 0 radical (unpaired) electrons. The Balaban J connectivity index is 2.07. The maximum Gasteiger partial charge on any atom is 0.264 e. The zero-order valence-electron chi connectivity index (χ0n) is 24.1. The number of anilines is 1. The van der Waals surface area contributed by atoms with Gasteiger partial charge in [0, 0.05) is 13.1 Å². The first kappa shape index (κ1) is 32.0. The molecule has 0 unspecified atom stereocenters. The van der Waals surface area contributed by atoms with Crippen molar-refractivity contribution in [1.82, 2.24) is 10.2 Å². The van der Waals surface area contributed by atoms with Gasteiger partial charge in [0.1, 0.15) is 18.3 Å². The quantitative estimate of drug-likeness (QED) is 0.283. The number of aryl methyl sites for hydroxylation is 1. The lowest BCUT2D eigenvalue weighted by molar-refractivity contribution is -0.140. The summed E-state index contributed by atoms with van der Waals surface area (Å²) in [5.41, 5.74) is 1.80. The number of methoxy groups -OCH3 is 1. The van der Waals surface area contributed by atoms with E-state index >= 15 is 0 Å². The van der Waals surface area contributed by atoms with E-state index in [1.807, 2.05) is 33.8 Å². The van der Waals surface area contributed by atoms with E-state index in [9.17, 15) is 18.0 Å². The molecule has 10 heteroatoms. The van der Waals surface area contributed by atoms with Gasteiger partial charge in [-0.15, -0.1) is 0 Å². The van der Waals surface area contributed by atoms with Crippen molar-refractivity contribution in [2.45, 2.75) is 51.6 Å². The molecule has 0 fully saturated rings. The largest absolute Gasteiger partial charge is 0.497 e. The van der Waals surface area contributed by atoms with Crippen molar-refractivity contribution in [3.8, 4) is 5.75 Å². The number of halogens is 1. The molecule has 0 bridgehead atoms. The molecule has 1 atom stereocenters. The Morgan fingerprint density at radius 1 is 1.00 bits per heavy atom. The highest BCUT2D eigenvalue weighted by molar-refractivity contribution is 7.92. The minimum absolute atomic E-state index is 0.0249. The molecular formula is C31H38ClN3O5S. The molecule has 0 aliphatic heterocycles. The second-order valence-corrected chi connectivity index (χ2v) is 12.5. The number of hydrogen-bond acceptors (Lipinski definition) is 5. The Morgan fingerprint density at radius 3 is 2.29 bits per heavy atom. The van der Waals surface area contributed by atoms with E-state index in [-0.39, 0.29) is 34.0 Å². The normalized spacial score (nSPS) is 12.1. The first-order chi connectivity index (χ1) is 19.5. The van der Waals surface area contributed by atoms with Crippen LogP contribution in [-0.2, 0) is 26.2 Å². The summed E-state index contributed by atoms with van der Waals surface area (Å²) >= 11 is 6.47. The van der Waals surface area contributed by atoms with Crippen LogP contribution in [0.5, 0.6) is 5.75 Å². The van der Waals surface area contributed by atoms with Crippen molar-refractivity contribution in [3.63, 3.8) is 0 Å². The molecule has 0 saturated carbocycles. The highest BCUT2D eigenvalue weighted by Crippen LogP contribution is 2.31. The van der Waals surface area contributed by atoms with Crippen LogP contribution >= 0.6 is 11.6 Å². The van der Waals surface area contributed by atoms with Crippen molar-refractivity contribution in [2.75, 3.05) is 24.5 Å². The molecule has 220 valence electrons. The highest BCUT2D eigenvalue weighted by atomic mass is 35.5. The van der Waals surface area contributed by atoms with Crippen LogP contribution in [0.15, 0.2) is 77.7 Å². The molecule has 2 amide bonds. The Bertz CT molecular complexity index is 1440. The summed E-state index contributed by atoms with van der Waals surface area (Å²) in [7, 11) is -2.65. The van der Waals surface area contributed by atoms with Crippen LogP contribution in [0.25, 0.3) is 0 Å². The minimum Gasteiger partial charge on any atom is -0.497 e. The van der Waals surface area contributed by atoms with Crippen LogP contribution in [0.3, 0.4) is 0 Å². The van der Waals surface area contributed by atoms with Crippen LogP contribution in [-0.4, -0.2) is 51.4 Å². The van der Waals surface area contributed by atoms with Crippen LogP contribution < -0.4 is 14.4 Å². The molecule has 41 heavy (non-hydrogen) atoms. The molecule has 1 N–H and O–H groups in total. The van der Waals surface area contributed by atoms with Crippen molar-refractivity contribution in [2.24, 2.45) is 5.92 Å². The lowest BCUT2D eigenvalue weighted by atomic mass is 10.1. The van der Waals surface area contributed by atoms with Gasteiger partial charge in [-0.2, -0.15) is 0 Å². The number of rotatable bonds is 13. The number of hydrogen-bond donors (Lipinski definition) is 1. The number of ether oxygens (including phenoxy) is 1. The number of amides is 2. The van der Waals surface area contributed by atoms with E-state index in [0.717, 1.165) is 15.4 Å². The zero-order chi connectivity index (χ0) is 30.2. The number of carbonyl (C=O) groups excluding carboxylic acids is 2. The maximum atomic E-state index is 14.1. The third-order valence-electron chi connectivity index (χ3n) is 6.57. The molecule has 0 heterocycles. The van der Waals surface area contributed by atoms with Crippen LogP contribution in [0.4, 0.5) is 5.69 Å². The number of sulfonamides is 1. The van der Waals surface area contributed by atoms with Crippen LogP contribution in [0.1, 0.15) is 38.3 Å². The maximum absolute atomic E-state index is 14.1. The lowest BCUT2D eigenvalue weighted by Gasteiger charge is -2.33. The standard InChI is InChI=1S/C31H38ClN3O5S/c1-6-28(31(37)33-19-22(2)3)34(20-24-10-9-11-25(18-24)40-5)30(36)21-35(29-13-8-7-12-27(29)32)41(38,39)26-16-14-23(4)15-17-26/h7-18,22,28H,6,19-21H2,1-5H3,(H,33,37)/t28-/m0/s1. The fraction of sp³-hybridized carbons (Fsp3) is 0.355. The first-order valence-corrected chi connectivity index (χ1v) is 15.3. The molecule has 0 aromatic heterocycles. The van der Waals surface area contributed by atoms with E-state index in [4.69, 9.17) is 16.3 Å². The Hall–Kier alpha value is -3.56. The number of carbonyl (C=O) groups is 2. The third kappa shape index (κ3) is 8.24. The van der Waals surface area contributed by atoms with E-state index < -0.39 is 28.5 Å². The molecule has 8 nitrogen and oxygen atoms in total. The van der Waals surface area contributed by atoms with Gasteiger partial charge in [-0.05, 0) is 61.2 Å². The Labute approximate surface area is 248 Å². The van der Waals surface area contributed by atoms with E-state index in [1.165, 1.54) is 17.0 Å². The minimum atomic E-state index is -4.20. The fourth-order valence-corrected chi connectivity index (χ4v) is 6.04. The average molecular weight is 600 g/mol. The molecule has 0 saturated heterocycles. The van der Waals surface area contributed by atoms with E-state index in [0.29, 0.717) is 18.7 Å². The van der Waals surface area contributed by atoms with Crippen molar-refractivity contribution >= 4 is 39.1 Å². The second kappa shape index (κ2) is 14.4. The zero-order valence-corrected chi connectivity index (χ0v) is 25.7. The van der Waals surface area contributed by atoms with E-state index in [2.05, 4.69) is 5.32 Å². The van der Waals surface area contributed by atoms with Gasteiger partial charge in [0.2, 0.25) is 11.8 Å². The van der Waals surface area contributed by atoms with Gasteiger partial charge in [-0.3, -0.25) is 13.9 Å². The number of benzene rings is 3. The van der Waals surface area contributed by atoms with E-state index in [1.54, 1.807) is 61.7 Å². The summed E-state index contributed by atoms with van der Waals surface area (Å²) in [6.45, 7) is 7.61. The Kier molecular flexibility index (Phi) is 11.2. The van der Waals surface area contributed by atoms with Gasteiger partial charge >= 0.3 is 0 Å². The van der Waals surface area contributed by atoms with Crippen LogP contribution in [0, 0.1) is 12.8 Å². The Morgan fingerprint density at radius 2 is 1.68 bits per heavy atom. The summed E-state index contributed by atoms with van der Waals surface area (Å²) in [5, 5.41) is 3.10. The molecular weight excluding hydrogens is 562 g/mol. The van der Waals surface area contributed by atoms with Gasteiger partial charge in [-0.1, -0.05) is 74.3 Å². The van der Waals surface area contributed by atoms with Crippen molar-refractivity contribution < 1.29 is 22.7 Å². The monoisotopic (exact) mass is 599 g/mol. The molecule has 0 aliphatic rings. The topological polar surface area (TPSA) is 96.0 Å².